The summed E-state index contributed by atoms with van der Waals surface area (Å²) in [6, 6.07) is 10.5. The van der Waals surface area contributed by atoms with Crippen LogP contribution >= 0.6 is 38.9 Å². The molecule has 0 aliphatic carbocycles. The highest BCUT2D eigenvalue weighted by molar-refractivity contribution is 9.11. The fourth-order valence-corrected chi connectivity index (χ4v) is 3.24. The molecule has 0 fully saturated rings. The predicted molar refractivity (Wildman–Crippen MR) is 79.0 cm³/mol. The van der Waals surface area contributed by atoms with Gasteiger partial charge in [0.2, 0.25) is 0 Å². The molecule has 1 N–H and O–H groups in total. The Bertz CT molecular complexity index is 498. The molecule has 1 unspecified atom stereocenters. The molecule has 1 nitrogen and oxygen atoms in total. The fourth-order valence-electron chi connectivity index (χ4n) is 1.79. The number of hydrogen-bond donors (Lipinski definition) is 1. The van der Waals surface area contributed by atoms with E-state index in [1.165, 1.54) is 14.9 Å². The van der Waals surface area contributed by atoms with Gasteiger partial charge in [0.15, 0.2) is 0 Å². The van der Waals surface area contributed by atoms with Crippen molar-refractivity contribution in [2.45, 2.75) is 12.5 Å². The highest BCUT2D eigenvalue weighted by Crippen LogP contribution is 2.27. The molecule has 0 amide bonds. The largest absolute Gasteiger partial charge is 0.313 e. The van der Waals surface area contributed by atoms with Gasteiger partial charge in [-0.05, 0) is 64.1 Å². The van der Waals surface area contributed by atoms with Crippen LogP contribution in [0.1, 0.15) is 17.2 Å². The van der Waals surface area contributed by atoms with Crippen molar-refractivity contribution in [3.05, 3.63) is 55.6 Å². The average molecular weight is 331 g/mol. The van der Waals surface area contributed by atoms with Crippen molar-refractivity contribution < 1.29 is 0 Å². The van der Waals surface area contributed by atoms with Crippen molar-refractivity contribution in [1.82, 2.24) is 5.32 Å². The van der Waals surface area contributed by atoms with Crippen LogP contribution in [0.5, 0.6) is 0 Å². The number of benzene rings is 1. The molecule has 0 saturated heterocycles. The Hall–Kier alpha value is -0.350. The van der Waals surface area contributed by atoms with Crippen LogP contribution in [0.15, 0.2) is 39.5 Å². The summed E-state index contributed by atoms with van der Waals surface area (Å²) in [4.78, 5) is 0. The number of hydrogen-bond acceptors (Lipinski definition) is 2. The third-order valence-electron chi connectivity index (χ3n) is 2.67. The summed E-state index contributed by atoms with van der Waals surface area (Å²) in [6.07, 6.45) is 0.945. The Morgan fingerprint density at radius 3 is 2.82 bits per heavy atom. The first-order valence-corrected chi connectivity index (χ1v) is 7.39. The summed E-state index contributed by atoms with van der Waals surface area (Å²) in [5.74, 6) is 0. The standard InChI is InChI=1S/C13H13BrClNS/c1-16-12(10-7-13(14)17-8-10)6-9-3-2-4-11(15)5-9/h2-5,7-8,12,16H,6H2,1H3. The third-order valence-corrected chi connectivity index (χ3v) is 4.43. The number of likely N-dealkylation sites (N-methyl/N-ethyl adjacent to an activating group) is 1. The van der Waals surface area contributed by atoms with Crippen molar-refractivity contribution in [2.75, 3.05) is 7.05 Å². The van der Waals surface area contributed by atoms with Crippen LogP contribution in [0, 0.1) is 0 Å². The topological polar surface area (TPSA) is 12.0 Å². The molecule has 4 heteroatoms. The molecule has 2 aromatic rings. The molecule has 0 bridgehead atoms. The molecule has 0 radical (unpaired) electrons. The van der Waals surface area contributed by atoms with Gasteiger partial charge in [0, 0.05) is 11.1 Å². The van der Waals surface area contributed by atoms with Crippen LogP contribution in [0.25, 0.3) is 0 Å². The summed E-state index contributed by atoms with van der Waals surface area (Å²) in [7, 11) is 1.99. The Morgan fingerprint density at radius 2 is 2.24 bits per heavy atom. The van der Waals surface area contributed by atoms with Gasteiger partial charge in [-0.1, -0.05) is 23.7 Å². The van der Waals surface area contributed by atoms with Gasteiger partial charge in [0.05, 0.1) is 3.79 Å². The molecular weight excluding hydrogens is 318 g/mol. The second-order valence-electron chi connectivity index (χ2n) is 3.86. The zero-order chi connectivity index (χ0) is 12.3. The summed E-state index contributed by atoms with van der Waals surface area (Å²) >= 11 is 11.2. The van der Waals surface area contributed by atoms with Gasteiger partial charge in [-0.15, -0.1) is 11.3 Å². The van der Waals surface area contributed by atoms with Gasteiger partial charge in [-0.25, -0.2) is 0 Å². The van der Waals surface area contributed by atoms with E-state index in [1.807, 2.05) is 25.2 Å². The van der Waals surface area contributed by atoms with Gasteiger partial charge in [-0.2, -0.15) is 0 Å². The van der Waals surface area contributed by atoms with Crippen molar-refractivity contribution in [3.63, 3.8) is 0 Å². The first-order valence-electron chi connectivity index (χ1n) is 5.34. The van der Waals surface area contributed by atoms with Crippen molar-refractivity contribution in [2.24, 2.45) is 0 Å². The normalized spacial score (nSPS) is 12.6. The molecule has 1 heterocycles. The van der Waals surface area contributed by atoms with Crippen LogP contribution in [0.3, 0.4) is 0 Å². The molecule has 2 rings (SSSR count). The lowest BCUT2D eigenvalue weighted by Gasteiger charge is -2.15. The zero-order valence-electron chi connectivity index (χ0n) is 9.41. The van der Waals surface area contributed by atoms with Crippen LogP contribution in [-0.2, 0) is 6.42 Å². The van der Waals surface area contributed by atoms with Crippen molar-refractivity contribution in [3.8, 4) is 0 Å². The highest BCUT2D eigenvalue weighted by Gasteiger charge is 2.11. The molecule has 1 atom stereocenters. The highest BCUT2D eigenvalue weighted by atomic mass is 79.9. The molecule has 0 spiro atoms. The van der Waals surface area contributed by atoms with E-state index in [-0.39, 0.29) is 0 Å². The Kier molecular flexibility index (Phi) is 4.62. The Labute approximate surface area is 119 Å². The first-order chi connectivity index (χ1) is 8.19. The number of rotatable bonds is 4. The van der Waals surface area contributed by atoms with Gasteiger partial charge >= 0.3 is 0 Å². The Balaban J connectivity index is 2.15. The molecule has 0 aliphatic heterocycles. The second kappa shape index (κ2) is 6.01. The van der Waals surface area contributed by atoms with Crippen LogP contribution in [0.4, 0.5) is 0 Å². The number of thiophene rings is 1. The minimum absolute atomic E-state index is 0.330. The molecule has 0 aliphatic rings. The summed E-state index contributed by atoms with van der Waals surface area (Å²) in [5.41, 5.74) is 2.56. The van der Waals surface area contributed by atoms with E-state index in [9.17, 15) is 0 Å². The first kappa shape index (κ1) is 13.1. The maximum absolute atomic E-state index is 6.00. The smallest absolute Gasteiger partial charge is 0.0701 e. The summed E-state index contributed by atoms with van der Waals surface area (Å²) in [6.45, 7) is 0. The molecular formula is C13H13BrClNS. The van der Waals surface area contributed by atoms with Crippen LogP contribution in [0.2, 0.25) is 5.02 Å². The number of nitrogens with one attached hydrogen (secondary N) is 1. The second-order valence-corrected chi connectivity index (χ2v) is 6.59. The Morgan fingerprint density at radius 1 is 1.41 bits per heavy atom. The summed E-state index contributed by atoms with van der Waals surface area (Å²) < 4.78 is 1.17. The average Bonchev–Trinajstić information content (AvgIpc) is 2.73. The molecule has 0 saturated carbocycles. The molecule has 1 aromatic carbocycles. The van der Waals surface area contributed by atoms with Gasteiger partial charge in [0.1, 0.15) is 0 Å². The summed E-state index contributed by atoms with van der Waals surface area (Å²) in [5, 5.41) is 6.31. The third kappa shape index (κ3) is 3.55. The quantitative estimate of drug-likeness (QED) is 0.859. The van der Waals surface area contributed by atoms with E-state index in [0.717, 1.165) is 11.4 Å². The molecule has 1 aromatic heterocycles. The minimum atomic E-state index is 0.330. The van der Waals surface area contributed by atoms with E-state index in [0.29, 0.717) is 6.04 Å². The predicted octanol–water partition coefficient (Wildman–Crippen LogP) is 4.67. The lowest BCUT2D eigenvalue weighted by molar-refractivity contribution is 0.594. The minimum Gasteiger partial charge on any atom is -0.313 e. The van der Waals surface area contributed by atoms with Gasteiger partial charge in [-0.3, -0.25) is 0 Å². The van der Waals surface area contributed by atoms with Crippen LogP contribution in [-0.4, -0.2) is 7.05 Å². The van der Waals surface area contributed by atoms with E-state index in [4.69, 9.17) is 11.6 Å². The monoisotopic (exact) mass is 329 g/mol. The van der Waals surface area contributed by atoms with E-state index < -0.39 is 0 Å². The molecule has 17 heavy (non-hydrogen) atoms. The lowest BCUT2D eigenvalue weighted by Crippen LogP contribution is -2.18. The maximum atomic E-state index is 6.00. The SMILES string of the molecule is CNC(Cc1cccc(Cl)c1)c1csc(Br)c1. The van der Waals surface area contributed by atoms with Crippen molar-refractivity contribution >= 4 is 38.9 Å². The maximum Gasteiger partial charge on any atom is 0.0701 e. The van der Waals surface area contributed by atoms with Crippen molar-refractivity contribution in [1.29, 1.82) is 0 Å². The van der Waals surface area contributed by atoms with Crippen LogP contribution < -0.4 is 5.32 Å². The molecule has 90 valence electrons. The van der Waals surface area contributed by atoms with E-state index in [1.54, 1.807) is 11.3 Å². The van der Waals surface area contributed by atoms with Gasteiger partial charge in [0.25, 0.3) is 0 Å². The fraction of sp³-hybridized carbons (Fsp3) is 0.231. The van der Waals surface area contributed by atoms with E-state index in [2.05, 4.69) is 38.8 Å². The number of halogens is 2. The van der Waals surface area contributed by atoms with E-state index >= 15 is 0 Å². The lowest BCUT2D eigenvalue weighted by atomic mass is 10.0. The van der Waals surface area contributed by atoms with Gasteiger partial charge < -0.3 is 5.32 Å². The zero-order valence-corrected chi connectivity index (χ0v) is 12.6.